The molecule has 6 heteroatoms. The standard InChI is InChI=1S/C66H40B2O4/c1-3-14-41(15-4-1)48-37-49(42-16-5-2-6-17-42)39-50(38-48)52-32-35-62-64-66(52)72-60-33-30-46(40-56(60)68(64)54-21-8-11-24-58(54)70-62)44-28-26-43(27-29-44)45-18-13-19-47(36-45)51-31-34-61-63-65(51)71-59-25-12-9-22-55(59)67(63)53-20-7-10-23-57(53)69-61/h1-40H. The van der Waals surface area contributed by atoms with Crippen molar-refractivity contribution in [2.45, 2.75) is 0 Å². The lowest BCUT2D eigenvalue weighted by molar-refractivity contribution is 0.465. The molecule has 0 saturated carbocycles. The minimum absolute atomic E-state index is 0.0166. The first-order chi connectivity index (χ1) is 35.7. The van der Waals surface area contributed by atoms with E-state index in [1.807, 2.05) is 18.2 Å². The van der Waals surface area contributed by atoms with Crippen molar-refractivity contribution >= 4 is 46.2 Å². The highest BCUT2D eigenvalue weighted by Crippen LogP contribution is 2.45. The Kier molecular flexibility index (Phi) is 9.12. The second-order valence-corrected chi connectivity index (χ2v) is 19.0. The molecule has 11 aromatic carbocycles. The van der Waals surface area contributed by atoms with E-state index >= 15 is 0 Å². The number of fused-ring (bicyclic) bond motifs is 8. The zero-order valence-corrected chi connectivity index (χ0v) is 38.9. The molecule has 0 spiro atoms. The first-order valence-electron chi connectivity index (χ1n) is 24.6. The molecule has 0 aliphatic carbocycles. The van der Waals surface area contributed by atoms with E-state index in [1.165, 1.54) is 0 Å². The van der Waals surface area contributed by atoms with Crippen LogP contribution in [0.3, 0.4) is 0 Å². The summed E-state index contributed by atoms with van der Waals surface area (Å²) in [5, 5.41) is 0. The summed E-state index contributed by atoms with van der Waals surface area (Å²) in [5.41, 5.74) is 20.0. The maximum atomic E-state index is 7.13. The molecular formula is C66H40B2O4. The molecule has 4 aliphatic heterocycles. The zero-order chi connectivity index (χ0) is 47.3. The number of hydrogen-bond donors (Lipinski definition) is 0. The fourth-order valence-electron chi connectivity index (χ4n) is 11.6. The van der Waals surface area contributed by atoms with Gasteiger partial charge in [0.15, 0.2) is 0 Å². The van der Waals surface area contributed by atoms with Gasteiger partial charge in [-0.3, -0.25) is 0 Å². The molecule has 4 nitrogen and oxygen atoms in total. The second-order valence-electron chi connectivity index (χ2n) is 19.0. The molecule has 15 rings (SSSR count). The topological polar surface area (TPSA) is 36.9 Å². The minimum Gasteiger partial charge on any atom is -0.458 e. The van der Waals surface area contributed by atoms with Crippen molar-refractivity contribution in [2.24, 2.45) is 0 Å². The highest BCUT2D eigenvalue weighted by Gasteiger charge is 2.43. The molecule has 0 unspecified atom stereocenters. The SMILES string of the molecule is c1ccc(-c2cc(-c3ccccc3)cc(-c3ccc4c5c3Oc3ccc(-c6ccc(-c7cccc(-c8ccc9c%10c8Oc8ccccc8B%10c8ccccc8O9)c7)cc6)cc3B5c3ccccc3O4)c2)cc1. The molecule has 4 aliphatic rings. The lowest BCUT2D eigenvalue weighted by Crippen LogP contribution is -2.57. The molecule has 334 valence electrons. The van der Waals surface area contributed by atoms with E-state index in [-0.39, 0.29) is 13.4 Å². The molecule has 0 saturated heterocycles. The lowest BCUT2D eigenvalue weighted by Gasteiger charge is -2.34. The molecule has 0 bridgehead atoms. The van der Waals surface area contributed by atoms with Gasteiger partial charge >= 0.3 is 0 Å². The molecule has 0 amide bonds. The van der Waals surface area contributed by atoms with Gasteiger partial charge in [-0.05, 0) is 150 Å². The van der Waals surface area contributed by atoms with Crippen molar-refractivity contribution < 1.29 is 18.9 Å². The van der Waals surface area contributed by atoms with Gasteiger partial charge in [-0.15, -0.1) is 0 Å². The van der Waals surface area contributed by atoms with Crippen LogP contribution in [0.25, 0.3) is 66.8 Å². The average molecular weight is 919 g/mol. The summed E-state index contributed by atoms with van der Waals surface area (Å²) in [5.74, 6) is 6.82. The third kappa shape index (κ3) is 6.49. The predicted octanol–water partition coefficient (Wildman–Crippen LogP) is 13.1. The summed E-state index contributed by atoms with van der Waals surface area (Å²) in [7, 11) is 0. The summed E-state index contributed by atoms with van der Waals surface area (Å²) in [4.78, 5) is 0. The molecule has 72 heavy (non-hydrogen) atoms. The summed E-state index contributed by atoms with van der Waals surface area (Å²) < 4.78 is 27.2. The number of ether oxygens (including phenoxy) is 4. The van der Waals surface area contributed by atoms with E-state index in [0.29, 0.717) is 0 Å². The molecule has 11 aromatic rings. The molecule has 0 atom stereocenters. The van der Waals surface area contributed by atoms with Gasteiger partial charge in [0.25, 0.3) is 13.4 Å². The smallest absolute Gasteiger partial charge is 0.260 e. The van der Waals surface area contributed by atoms with E-state index in [9.17, 15) is 0 Å². The van der Waals surface area contributed by atoms with Crippen molar-refractivity contribution in [3.63, 3.8) is 0 Å². The van der Waals surface area contributed by atoms with Crippen molar-refractivity contribution in [2.75, 3.05) is 0 Å². The Morgan fingerprint density at radius 3 is 1.12 bits per heavy atom. The molecule has 0 radical (unpaired) electrons. The van der Waals surface area contributed by atoms with Gasteiger partial charge in [0.2, 0.25) is 0 Å². The normalized spacial score (nSPS) is 12.8. The van der Waals surface area contributed by atoms with E-state index in [0.717, 1.165) is 146 Å². The van der Waals surface area contributed by atoms with Crippen LogP contribution in [0.4, 0.5) is 0 Å². The van der Waals surface area contributed by atoms with E-state index in [1.54, 1.807) is 0 Å². The van der Waals surface area contributed by atoms with E-state index < -0.39 is 0 Å². The van der Waals surface area contributed by atoms with Gasteiger partial charge in [0.05, 0.1) is 0 Å². The van der Waals surface area contributed by atoms with Crippen LogP contribution < -0.4 is 51.7 Å². The highest BCUT2D eigenvalue weighted by atomic mass is 16.5. The Morgan fingerprint density at radius 2 is 0.569 bits per heavy atom. The van der Waals surface area contributed by atoms with Crippen LogP contribution >= 0.6 is 0 Å². The highest BCUT2D eigenvalue weighted by molar-refractivity contribution is 6.99. The largest absolute Gasteiger partial charge is 0.458 e. The first kappa shape index (κ1) is 40.6. The van der Waals surface area contributed by atoms with Crippen LogP contribution in [-0.2, 0) is 0 Å². The predicted molar refractivity (Wildman–Crippen MR) is 294 cm³/mol. The third-order valence-electron chi connectivity index (χ3n) is 14.9. The van der Waals surface area contributed by atoms with Gasteiger partial charge in [-0.1, -0.05) is 170 Å². The van der Waals surface area contributed by atoms with Crippen LogP contribution in [0.2, 0.25) is 0 Å². The van der Waals surface area contributed by atoms with Crippen molar-refractivity contribution in [3.8, 4) is 113 Å². The Labute approximate surface area is 418 Å². The molecular weight excluding hydrogens is 878 g/mol. The van der Waals surface area contributed by atoms with Crippen molar-refractivity contribution in [1.82, 2.24) is 0 Å². The fraction of sp³-hybridized carbons (Fsp3) is 0. The minimum atomic E-state index is -0.0978. The van der Waals surface area contributed by atoms with Gasteiger partial charge < -0.3 is 18.9 Å². The van der Waals surface area contributed by atoms with Crippen LogP contribution in [0, 0.1) is 0 Å². The summed E-state index contributed by atoms with van der Waals surface area (Å²) >= 11 is 0. The van der Waals surface area contributed by atoms with Gasteiger partial charge in [0, 0.05) is 22.1 Å². The maximum Gasteiger partial charge on any atom is 0.260 e. The Bertz CT molecular complexity index is 3930. The van der Waals surface area contributed by atoms with Crippen molar-refractivity contribution in [3.05, 3.63) is 243 Å². The molecule has 0 aromatic heterocycles. The zero-order valence-electron chi connectivity index (χ0n) is 38.9. The van der Waals surface area contributed by atoms with Crippen LogP contribution in [0.5, 0.6) is 46.0 Å². The summed E-state index contributed by atoms with van der Waals surface area (Å²) in [6.07, 6.45) is 0. The van der Waals surface area contributed by atoms with Gasteiger partial charge in [-0.25, -0.2) is 0 Å². The molecule has 0 N–H and O–H groups in total. The lowest BCUT2D eigenvalue weighted by atomic mass is 9.34. The number of hydrogen-bond acceptors (Lipinski definition) is 4. The summed E-state index contributed by atoms with van der Waals surface area (Å²) in [6.45, 7) is -0.0812. The van der Waals surface area contributed by atoms with Gasteiger partial charge in [0.1, 0.15) is 46.0 Å². The number of rotatable bonds is 6. The van der Waals surface area contributed by atoms with E-state index in [2.05, 4.69) is 224 Å². The van der Waals surface area contributed by atoms with E-state index in [4.69, 9.17) is 18.9 Å². The van der Waals surface area contributed by atoms with Crippen LogP contribution in [0.1, 0.15) is 0 Å². The third-order valence-corrected chi connectivity index (χ3v) is 14.9. The molecule has 0 fully saturated rings. The molecule has 4 heterocycles. The fourth-order valence-corrected chi connectivity index (χ4v) is 11.6. The van der Waals surface area contributed by atoms with Gasteiger partial charge in [-0.2, -0.15) is 0 Å². The Balaban J connectivity index is 0.787. The average Bonchev–Trinajstić information content (AvgIpc) is 3.45. The quantitative estimate of drug-likeness (QED) is 0.156. The monoisotopic (exact) mass is 918 g/mol. The van der Waals surface area contributed by atoms with Crippen LogP contribution in [-0.4, -0.2) is 13.4 Å². The first-order valence-corrected chi connectivity index (χ1v) is 24.6. The maximum absolute atomic E-state index is 7.13. The Morgan fingerprint density at radius 1 is 0.208 bits per heavy atom. The number of para-hydroxylation sites is 3. The Hall–Kier alpha value is -9.25. The van der Waals surface area contributed by atoms with Crippen LogP contribution in [0.15, 0.2) is 243 Å². The van der Waals surface area contributed by atoms with Crippen molar-refractivity contribution in [1.29, 1.82) is 0 Å². The second kappa shape index (κ2) is 16.2. The summed E-state index contributed by atoms with van der Waals surface area (Å²) in [6, 6.07) is 86.1. The number of benzene rings is 11.